The highest BCUT2D eigenvalue weighted by atomic mass is 16.5. The van der Waals surface area contributed by atoms with Crippen molar-refractivity contribution in [3.63, 3.8) is 0 Å². The summed E-state index contributed by atoms with van der Waals surface area (Å²) in [6.45, 7) is 2.61. The molecule has 30 heavy (non-hydrogen) atoms. The molecule has 0 aliphatic heterocycles. The summed E-state index contributed by atoms with van der Waals surface area (Å²) in [7, 11) is 3.40. The number of H-pyrrole nitrogens is 1. The van der Waals surface area contributed by atoms with E-state index in [1.165, 1.54) is 5.01 Å². The van der Waals surface area contributed by atoms with Gasteiger partial charge in [-0.25, -0.2) is 5.84 Å². The van der Waals surface area contributed by atoms with Crippen molar-refractivity contribution in [2.45, 2.75) is 32.6 Å². The maximum absolute atomic E-state index is 12.9. The first kappa shape index (κ1) is 21.7. The lowest BCUT2D eigenvalue weighted by Crippen LogP contribution is -2.41. The Hall–Kier alpha value is -3.00. The number of nitrogens with one attached hydrogen (secondary N) is 2. The van der Waals surface area contributed by atoms with Crippen LogP contribution in [-0.4, -0.2) is 42.4 Å². The van der Waals surface area contributed by atoms with Crippen LogP contribution >= 0.6 is 0 Å². The summed E-state index contributed by atoms with van der Waals surface area (Å²) in [6.07, 6.45) is 3.96. The van der Waals surface area contributed by atoms with Crippen LogP contribution in [0, 0.1) is 18.8 Å². The number of rotatable bonds is 6. The van der Waals surface area contributed by atoms with Crippen LogP contribution in [0.4, 0.5) is 0 Å². The second-order valence-corrected chi connectivity index (χ2v) is 8.00. The summed E-state index contributed by atoms with van der Waals surface area (Å²) < 4.78 is 5.22. The molecule has 2 aromatic rings. The van der Waals surface area contributed by atoms with E-state index in [1.807, 2.05) is 37.3 Å². The lowest BCUT2D eigenvalue weighted by atomic mass is 9.81. The Kier molecular flexibility index (Phi) is 6.99. The lowest BCUT2D eigenvalue weighted by molar-refractivity contribution is 0.0943. The van der Waals surface area contributed by atoms with Gasteiger partial charge in [-0.1, -0.05) is 0 Å². The first-order valence-electron chi connectivity index (χ1n) is 10.3. The largest absolute Gasteiger partial charge is 0.497 e. The van der Waals surface area contributed by atoms with Crippen LogP contribution in [0.5, 0.6) is 5.75 Å². The topological polar surface area (TPSA) is 122 Å². The van der Waals surface area contributed by atoms with E-state index >= 15 is 0 Å². The molecule has 162 valence electrons. The average Bonchev–Trinajstić information content (AvgIpc) is 3.15. The van der Waals surface area contributed by atoms with Gasteiger partial charge in [0.25, 0.3) is 5.91 Å². The predicted molar refractivity (Wildman–Crippen MR) is 119 cm³/mol. The van der Waals surface area contributed by atoms with Crippen LogP contribution in [0.3, 0.4) is 0 Å². The van der Waals surface area contributed by atoms with Gasteiger partial charge in [0, 0.05) is 25.2 Å². The highest BCUT2D eigenvalue weighted by Crippen LogP contribution is 2.30. The molecule has 1 fully saturated rings. The van der Waals surface area contributed by atoms with E-state index < -0.39 is 0 Å². The van der Waals surface area contributed by atoms with Crippen molar-refractivity contribution in [2.75, 3.05) is 20.7 Å². The van der Waals surface area contributed by atoms with Crippen LogP contribution in [0.2, 0.25) is 0 Å². The summed E-state index contributed by atoms with van der Waals surface area (Å²) in [5.74, 6) is 13.5. The number of amides is 1. The van der Waals surface area contributed by atoms with Gasteiger partial charge in [-0.2, -0.15) is 5.10 Å². The van der Waals surface area contributed by atoms with E-state index in [-0.39, 0.29) is 11.8 Å². The molecule has 0 bridgehead atoms. The number of hydrogen-bond donors (Lipinski definition) is 4. The number of benzene rings is 1. The van der Waals surface area contributed by atoms with E-state index in [4.69, 9.17) is 16.4 Å². The molecule has 1 aromatic heterocycles. The molecule has 0 atom stereocenters. The van der Waals surface area contributed by atoms with Gasteiger partial charge in [0.05, 0.1) is 18.4 Å². The minimum absolute atomic E-state index is 0.0572. The predicted octanol–water partition coefficient (Wildman–Crippen LogP) is 2.61. The number of hydrogen-bond acceptors (Lipinski definition) is 5. The zero-order chi connectivity index (χ0) is 21.7. The molecule has 1 amide bonds. The van der Waals surface area contributed by atoms with Crippen molar-refractivity contribution in [3.8, 4) is 17.0 Å². The second-order valence-electron chi connectivity index (χ2n) is 8.00. The van der Waals surface area contributed by atoms with Gasteiger partial charge in [0.2, 0.25) is 0 Å². The van der Waals surface area contributed by atoms with Crippen molar-refractivity contribution in [3.05, 3.63) is 41.6 Å². The molecule has 0 saturated heterocycles. The maximum Gasteiger partial charge on any atom is 0.253 e. The third-order valence-corrected chi connectivity index (χ3v) is 5.83. The number of carbonyl (C=O) groups is 1. The number of hydrazone groups is 1. The minimum Gasteiger partial charge on any atom is -0.497 e. The highest BCUT2D eigenvalue weighted by Gasteiger charge is 2.27. The molecule has 1 aromatic carbocycles. The van der Waals surface area contributed by atoms with Crippen LogP contribution in [0.25, 0.3) is 11.3 Å². The zero-order valence-electron chi connectivity index (χ0n) is 17.9. The highest BCUT2D eigenvalue weighted by molar-refractivity contribution is 6.00. The minimum atomic E-state index is -0.0572. The van der Waals surface area contributed by atoms with E-state index in [9.17, 15) is 4.79 Å². The monoisotopic (exact) mass is 412 g/mol. The van der Waals surface area contributed by atoms with Crippen molar-refractivity contribution in [1.29, 1.82) is 0 Å². The summed E-state index contributed by atoms with van der Waals surface area (Å²) >= 11 is 0. The molecule has 0 spiro atoms. The van der Waals surface area contributed by atoms with Crippen LogP contribution < -0.4 is 21.7 Å². The van der Waals surface area contributed by atoms with E-state index in [2.05, 4.69) is 15.4 Å². The van der Waals surface area contributed by atoms with Crippen molar-refractivity contribution < 1.29 is 9.53 Å². The number of aryl methyl sites for hydroxylation is 1. The van der Waals surface area contributed by atoms with Gasteiger partial charge in [0.15, 0.2) is 0 Å². The molecule has 0 radical (unpaired) electrons. The summed E-state index contributed by atoms with van der Waals surface area (Å²) in [5.41, 5.74) is 3.39. The Balaban J connectivity index is 1.60. The number of aromatic amines is 1. The van der Waals surface area contributed by atoms with Crippen molar-refractivity contribution >= 4 is 11.7 Å². The Bertz CT molecular complexity index is 880. The fraction of sp³-hybridized carbons (Fsp3) is 0.455. The molecule has 8 nitrogen and oxygen atoms in total. The number of aromatic nitrogens is 1. The number of methoxy groups -OCH3 is 1. The molecule has 3 rings (SSSR count). The number of ether oxygens (including phenoxy) is 1. The van der Waals surface area contributed by atoms with Crippen molar-refractivity contribution in [2.24, 2.45) is 28.6 Å². The molecule has 0 unspecified atom stereocenters. The summed E-state index contributed by atoms with van der Waals surface area (Å²) in [6, 6.07) is 9.58. The molecule has 1 saturated carbocycles. The zero-order valence-corrected chi connectivity index (χ0v) is 17.9. The smallest absolute Gasteiger partial charge is 0.253 e. The van der Waals surface area contributed by atoms with Gasteiger partial charge in [-0.05, 0) is 74.4 Å². The van der Waals surface area contributed by atoms with Crippen LogP contribution in [0.1, 0.15) is 41.7 Å². The molecular weight excluding hydrogens is 380 g/mol. The number of carbonyl (C=O) groups excluding carboxylic acids is 1. The Labute approximate surface area is 177 Å². The van der Waals surface area contributed by atoms with Gasteiger partial charge in [-0.15, -0.1) is 0 Å². The number of hydrazine groups is 1. The summed E-state index contributed by atoms with van der Waals surface area (Å²) in [5, 5.41) is 8.46. The summed E-state index contributed by atoms with van der Waals surface area (Å²) in [4.78, 5) is 16.2. The normalized spacial score (nSPS) is 19.4. The Morgan fingerprint density at radius 3 is 2.50 bits per heavy atom. The van der Waals surface area contributed by atoms with E-state index in [0.717, 1.165) is 54.2 Å². The molecule has 8 heteroatoms. The first-order chi connectivity index (χ1) is 14.4. The standard InChI is InChI=1S/C22H32N6O2/c1-14-12-19(20(26-14)16-8-10-18(30-3)11-9-16)22(29)25-13-15-4-6-17(7-5-15)21(27-23)28(2)24/h8-12,15,17,26H,4-7,13,23-24H2,1-3H3,(H,25,29)/b27-21-. The van der Waals surface area contributed by atoms with Crippen LogP contribution in [-0.2, 0) is 0 Å². The lowest BCUT2D eigenvalue weighted by Gasteiger charge is -2.31. The SMILES string of the molecule is COc1ccc(-c2[nH]c(C)cc2C(=O)NCC2CCC(/C(=N/N)N(C)N)CC2)cc1. The van der Waals surface area contributed by atoms with E-state index in [1.54, 1.807) is 14.2 Å². The molecule has 1 aliphatic rings. The fourth-order valence-corrected chi connectivity index (χ4v) is 4.20. The third-order valence-electron chi connectivity index (χ3n) is 5.83. The number of nitrogens with zero attached hydrogens (tertiary/aromatic N) is 2. The average molecular weight is 413 g/mol. The fourth-order valence-electron chi connectivity index (χ4n) is 4.20. The first-order valence-corrected chi connectivity index (χ1v) is 10.3. The van der Waals surface area contributed by atoms with Gasteiger partial charge < -0.3 is 20.9 Å². The van der Waals surface area contributed by atoms with Gasteiger partial charge in [0.1, 0.15) is 11.6 Å². The molecule has 1 aliphatic carbocycles. The van der Waals surface area contributed by atoms with Crippen molar-refractivity contribution in [1.82, 2.24) is 15.3 Å². The molecule has 1 heterocycles. The molecular formula is C22H32N6O2. The number of amidine groups is 1. The van der Waals surface area contributed by atoms with E-state index in [0.29, 0.717) is 18.0 Å². The maximum atomic E-state index is 12.9. The Morgan fingerprint density at radius 1 is 1.27 bits per heavy atom. The van der Waals surface area contributed by atoms with Crippen LogP contribution in [0.15, 0.2) is 35.4 Å². The quantitative estimate of drug-likeness (QED) is 0.251. The third kappa shape index (κ3) is 4.94. The van der Waals surface area contributed by atoms with Gasteiger partial charge in [-0.3, -0.25) is 9.80 Å². The Morgan fingerprint density at radius 2 is 1.93 bits per heavy atom. The number of nitrogens with two attached hydrogens (primary N) is 2. The molecule has 6 N–H and O–H groups in total. The van der Waals surface area contributed by atoms with Gasteiger partial charge >= 0.3 is 0 Å². The second kappa shape index (κ2) is 9.67.